The van der Waals surface area contributed by atoms with Crippen LogP contribution in [0, 0.1) is 6.92 Å². The van der Waals surface area contributed by atoms with Gasteiger partial charge in [0.25, 0.3) is 0 Å². The number of aromatic nitrogens is 1. The number of morpholine rings is 2. The summed E-state index contributed by atoms with van der Waals surface area (Å²) in [6.45, 7) is 12.1. The largest absolute Gasteiger partial charge is 0.378 e. The first-order valence-electron chi connectivity index (χ1n) is 9.98. The maximum atomic E-state index is 13.3. The second kappa shape index (κ2) is 7.62. The molecule has 0 radical (unpaired) electrons. The van der Waals surface area contributed by atoms with Crippen molar-refractivity contribution in [3.05, 3.63) is 39.7 Å². The first-order chi connectivity index (χ1) is 13.0. The summed E-state index contributed by atoms with van der Waals surface area (Å²) in [5.74, 6) is 0. The third-order valence-electron chi connectivity index (χ3n) is 5.72. The molecule has 2 aliphatic heterocycles. The van der Waals surface area contributed by atoms with Crippen LogP contribution >= 0.6 is 0 Å². The Kier molecular flexibility index (Phi) is 5.21. The number of nitrogens with one attached hydrogen (secondary N) is 2. The Morgan fingerprint density at radius 1 is 1.19 bits per heavy atom. The van der Waals surface area contributed by atoms with E-state index in [1.165, 1.54) is 4.90 Å². The van der Waals surface area contributed by atoms with Crippen LogP contribution < -0.4 is 15.2 Å². The molecule has 3 heterocycles. The standard InChI is InChI=1S/C21H29N3O3/c1-14-11-23(12-15(2)27-14)13-19-16(3)22-20-5-4-17(10-18(20)21(19)25)24-6-8-26-9-7-24/h4-5,10,14-15H,6-9,11-13H2,1-3H3,(H,22,25)/p+1/t14-,15-/m0/s1. The van der Waals surface area contributed by atoms with Gasteiger partial charge in [0, 0.05) is 35.4 Å². The third kappa shape index (κ3) is 3.88. The predicted molar refractivity (Wildman–Crippen MR) is 107 cm³/mol. The number of fused-ring (bicyclic) bond motifs is 1. The van der Waals surface area contributed by atoms with Crippen LogP contribution in [0.3, 0.4) is 0 Å². The Labute approximate surface area is 160 Å². The highest BCUT2D eigenvalue weighted by Gasteiger charge is 2.27. The molecule has 0 aliphatic carbocycles. The lowest BCUT2D eigenvalue weighted by molar-refractivity contribution is -0.928. The molecule has 0 spiro atoms. The van der Waals surface area contributed by atoms with Gasteiger partial charge in [-0.1, -0.05) is 0 Å². The summed E-state index contributed by atoms with van der Waals surface area (Å²) in [4.78, 5) is 20.5. The molecule has 4 rings (SSSR count). The highest BCUT2D eigenvalue weighted by Crippen LogP contribution is 2.21. The van der Waals surface area contributed by atoms with Crippen molar-refractivity contribution >= 4 is 16.6 Å². The van der Waals surface area contributed by atoms with Gasteiger partial charge >= 0.3 is 0 Å². The molecule has 0 saturated carbocycles. The van der Waals surface area contributed by atoms with Crippen molar-refractivity contribution < 1.29 is 14.4 Å². The van der Waals surface area contributed by atoms with Crippen LogP contribution in [0.1, 0.15) is 25.1 Å². The summed E-state index contributed by atoms with van der Waals surface area (Å²) in [7, 11) is 0. The van der Waals surface area contributed by atoms with Gasteiger partial charge in [-0.05, 0) is 39.0 Å². The Morgan fingerprint density at radius 3 is 2.59 bits per heavy atom. The normalized spacial score (nSPS) is 26.5. The molecule has 2 aliphatic rings. The van der Waals surface area contributed by atoms with Gasteiger partial charge in [0.05, 0.1) is 18.8 Å². The molecule has 6 nitrogen and oxygen atoms in total. The molecule has 2 N–H and O–H groups in total. The average Bonchev–Trinajstić information content (AvgIpc) is 2.65. The van der Waals surface area contributed by atoms with Crippen LogP contribution in [0.4, 0.5) is 5.69 Å². The lowest BCUT2D eigenvalue weighted by Crippen LogP contribution is -3.14. The van der Waals surface area contributed by atoms with Crippen LogP contribution in [0.5, 0.6) is 0 Å². The second-order valence-electron chi connectivity index (χ2n) is 7.98. The second-order valence-corrected chi connectivity index (χ2v) is 7.98. The molecule has 0 unspecified atom stereocenters. The molecule has 2 saturated heterocycles. The van der Waals surface area contributed by atoms with Crippen molar-refractivity contribution in [1.29, 1.82) is 0 Å². The highest BCUT2D eigenvalue weighted by atomic mass is 16.5. The number of benzene rings is 1. The van der Waals surface area contributed by atoms with Crippen LogP contribution in [0.15, 0.2) is 23.0 Å². The number of quaternary nitrogens is 1. The van der Waals surface area contributed by atoms with E-state index >= 15 is 0 Å². The summed E-state index contributed by atoms with van der Waals surface area (Å²) >= 11 is 0. The summed E-state index contributed by atoms with van der Waals surface area (Å²) in [6, 6.07) is 6.17. The maximum absolute atomic E-state index is 13.3. The van der Waals surface area contributed by atoms with E-state index in [-0.39, 0.29) is 17.6 Å². The number of aryl methyl sites for hydroxylation is 1. The predicted octanol–water partition coefficient (Wildman–Crippen LogP) is 0.865. The van der Waals surface area contributed by atoms with Crippen molar-refractivity contribution in [2.45, 2.75) is 39.5 Å². The first-order valence-corrected chi connectivity index (χ1v) is 9.98. The van der Waals surface area contributed by atoms with E-state index in [0.717, 1.165) is 73.8 Å². The molecule has 146 valence electrons. The molecule has 27 heavy (non-hydrogen) atoms. The summed E-state index contributed by atoms with van der Waals surface area (Å²) in [5, 5.41) is 0.786. The van der Waals surface area contributed by atoms with E-state index in [2.05, 4.69) is 29.8 Å². The molecule has 0 amide bonds. The molecule has 1 aromatic heterocycles. The molecule has 0 bridgehead atoms. The molecule has 6 heteroatoms. The Hall–Kier alpha value is -1.89. The van der Waals surface area contributed by atoms with E-state index in [9.17, 15) is 4.79 Å². The van der Waals surface area contributed by atoms with Gasteiger partial charge in [0.2, 0.25) is 0 Å². The zero-order chi connectivity index (χ0) is 19.0. The molecular formula is C21H30N3O3+. The van der Waals surface area contributed by atoms with Gasteiger partial charge in [-0.15, -0.1) is 0 Å². The fourth-order valence-electron chi connectivity index (χ4n) is 4.45. The monoisotopic (exact) mass is 372 g/mol. The van der Waals surface area contributed by atoms with Crippen molar-refractivity contribution in [3.63, 3.8) is 0 Å². The van der Waals surface area contributed by atoms with Gasteiger partial charge in [-0.25, -0.2) is 0 Å². The molecule has 2 aromatic rings. The minimum atomic E-state index is 0.163. The number of anilines is 1. The van der Waals surface area contributed by atoms with E-state index in [1.54, 1.807) is 0 Å². The van der Waals surface area contributed by atoms with E-state index in [0.29, 0.717) is 0 Å². The number of ether oxygens (including phenoxy) is 2. The SMILES string of the molecule is Cc1[nH]c2ccc(N3CCOCC3)cc2c(=O)c1C[NH+]1C[C@H](C)O[C@@H](C)C1. The average molecular weight is 372 g/mol. The summed E-state index contributed by atoms with van der Waals surface area (Å²) in [5.41, 5.74) is 4.06. The van der Waals surface area contributed by atoms with E-state index in [1.807, 2.05) is 19.1 Å². The van der Waals surface area contributed by atoms with Crippen molar-refractivity contribution in [3.8, 4) is 0 Å². The van der Waals surface area contributed by atoms with Crippen LogP contribution in [-0.4, -0.2) is 56.6 Å². The summed E-state index contributed by atoms with van der Waals surface area (Å²) in [6.07, 6.45) is 0.466. The highest BCUT2D eigenvalue weighted by molar-refractivity contribution is 5.83. The van der Waals surface area contributed by atoms with Crippen LogP contribution in [0.2, 0.25) is 0 Å². The number of nitrogens with zero attached hydrogens (tertiary/aromatic N) is 1. The fourth-order valence-corrected chi connectivity index (χ4v) is 4.45. The molecular weight excluding hydrogens is 342 g/mol. The minimum Gasteiger partial charge on any atom is -0.378 e. The smallest absolute Gasteiger partial charge is 0.198 e. The van der Waals surface area contributed by atoms with Crippen LogP contribution in [-0.2, 0) is 16.0 Å². The third-order valence-corrected chi connectivity index (χ3v) is 5.72. The lowest BCUT2D eigenvalue weighted by Gasteiger charge is -2.32. The number of H-pyrrole nitrogens is 1. The number of pyridine rings is 1. The zero-order valence-electron chi connectivity index (χ0n) is 16.5. The fraction of sp³-hybridized carbons (Fsp3) is 0.571. The van der Waals surface area contributed by atoms with E-state index in [4.69, 9.17) is 9.47 Å². The topological polar surface area (TPSA) is 59.0 Å². The van der Waals surface area contributed by atoms with Crippen molar-refractivity contribution in [2.24, 2.45) is 0 Å². The maximum Gasteiger partial charge on any atom is 0.198 e. The number of hydrogen-bond donors (Lipinski definition) is 2. The number of hydrogen-bond acceptors (Lipinski definition) is 4. The quantitative estimate of drug-likeness (QED) is 0.839. The van der Waals surface area contributed by atoms with Gasteiger partial charge in [0.15, 0.2) is 5.43 Å². The summed E-state index contributed by atoms with van der Waals surface area (Å²) < 4.78 is 11.3. The number of rotatable bonds is 3. The van der Waals surface area contributed by atoms with Crippen molar-refractivity contribution in [1.82, 2.24) is 4.98 Å². The zero-order valence-corrected chi connectivity index (χ0v) is 16.5. The van der Waals surface area contributed by atoms with Gasteiger partial charge in [0.1, 0.15) is 31.8 Å². The Morgan fingerprint density at radius 2 is 1.89 bits per heavy atom. The number of aromatic amines is 1. The van der Waals surface area contributed by atoms with Gasteiger partial charge in [-0.3, -0.25) is 4.79 Å². The molecule has 1 aromatic carbocycles. The molecule has 2 fully saturated rings. The van der Waals surface area contributed by atoms with Gasteiger partial charge in [-0.2, -0.15) is 0 Å². The minimum absolute atomic E-state index is 0.163. The van der Waals surface area contributed by atoms with Crippen molar-refractivity contribution in [2.75, 3.05) is 44.3 Å². The Balaban J connectivity index is 1.67. The molecule has 2 atom stereocenters. The van der Waals surface area contributed by atoms with Crippen LogP contribution in [0.25, 0.3) is 10.9 Å². The lowest BCUT2D eigenvalue weighted by atomic mass is 10.1. The van der Waals surface area contributed by atoms with Gasteiger partial charge < -0.3 is 24.3 Å². The van der Waals surface area contributed by atoms with E-state index < -0.39 is 0 Å². The Bertz CT molecular complexity index is 863. The first kappa shape index (κ1) is 18.5.